The number of nitrogens with one attached hydrogen (secondary N) is 1. The van der Waals surface area contributed by atoms with Gasteiger partial charge >= 0.3 is 0 Å². The summed E-state index contributed by atoms with van der Waals surface area (Å²) in [6.07, 6.45) is 6.26. The first-order valence-electron chi connectivity index (χ1n) is 6.59. The monoisotopic (exact) mass is 213 g/mol. The van der Waals surface area contributed by atoms with Gasteiger partial charge in [0.05, 0.1) is 6.61 Å². The Morgan fingerprint density at radius 2 is 1.87 bits per heavy atom. The molecule has 0 aromatic carbocycles. The van der Waals surface area contributed by atoms with E-state index in [-0.39, 0.29) is 0 Å². The first kappa shape index (κ1) is 13.0. The fraction of sp³-hybridized carbons (Fsp3) is 1.00. The SMILES string of the molecule is CCC(CC)(CC)NCC1CCCOC1. The van der Waals surface area contributed by atoms with Gasteiger partial charge in [0.15, 0.2) is 0 Å². The lowest BCUT2D eigenvalue weighted by molar-refractivity contribution is 0.0506. The molecule has 1 aliphatic rings. The summed E-state index contributed by atoms with van der Waals surface area (Å²) in [7, 11) is 0. The number of hydrogen-bond acceptors (Lipinski definition) is 2. The van der Waals surface area contributed by atoms with Gasteiger partial charge in [-0.3, -0.25) is 0 Å². The maximum absolute atomic E-state index is 5.51. The lowest BCUT2D eigenvalue weighted by atomic mass is 9.88. The summed E-state index contributed by atoms with van der Waals surface area (Å²) < 4.78 is 5.51. The van der Waals surface area contributed by atoms with Gasteiger partial charge in [-0.2, -0.15) is 0 Å². The van der Waals surface area contributed by atoms with Gasteiger partial charge in [-0.25, -0.2) is 0 Å². The number of rotatable bonds is 6. The molecule has 0 aliphatic carbocycles. The smallest absolute Gasteiger partial charge is 0.0506 e. The van der Waals surface area contributed by atoms with Crippen molar-refractivity contribution < 1.29 is 4.74 Å². The quantitative estimate of drug-likeness (QED) is 0.732. The maximum atomic E-state index is 5.51. The molecule has 0 spiro atoms. The predicted octanol–water partition coefficient (Wildman–Crippen LogP) is 2.97. The molecule has 90 valence electrons. The second-order valence-corrected chi connectivity index (χ2v) is 4.81. The summed E-state index contributed by atoms with van der Waals surface area (Å²) in [5, 5.41) is 3.77. The van der Waals surface area contributed by atoms with Crippen LogP contribution in [0.4, 0.5) is 0 Å². The van der Waals surface area contributed by atoms with E-state index in [9.17, 15) is 0 Å². The van der Waals surface area contributed by atoms with E-state index in [1.807, 2.05) is 0 Å². The molecule has 1 N–H and O–H groups in total. The van der Waals surface area contributed by atoms with Crippen LogP contribution in [0.5, 0.6) is 0 Å². The minimum Gasteiger partial charge on any atom is -0.381 e. The van der Waals surface area contributed by atoms with Crippen molar-refractivity contribution in [1.29, 1.82) is 0 Å². The molecule has 0 radical (unpaired) electrons. The topological polar surface area (TPSA) is 21.3 Å². The summed E-state index contributed by atoms with van der Waals surface area (Å²) in [6, 6.07) is 0. The Balaban J connectivity index is 2.31. The van der Waals surface area contributed by atoms with E-state index in [1.54, 1.807) is 0 Å². The van der Waals surface area contributed by atoms with Crippen molar-refractivity contribution in [2.75, 3.05) is 19.8 Å². The fourth-order valence-corrected chi connectivity index (χ4v) is 2.45. The first-order valence-corrected chi connectivity index (χ1v) is 6.59. The van der Waals surface area contributed by atoms with Gasteiger partial charge in [0, 0.05) is 18.7 Å². The second kappa shape index (κ2) is 6.49. The molecule has 2 heteroatoms. The average molecular weight is 213 g/mol. The third kappa shape index (κ3) is 3.76. The van der Waals surface area contributed by atoms with Gasteiger partial charge in [-0.15, -0.1) is 0 Å². The van der Waals surface area contributed by atoms with Crippen molar-refractivity contribution in [3.8, 4) is 0 Å². The largest absolute Gasteiger partial charge is 0.381 e. The van der Waals surface area contributed by atoms with Crippen LogP contribution in [-0.2, 0) is 4.74 Å². The van der Waals surface area contributed by atoms with Gasteiger partial charge in [0.25, 0.3) is 0 Å². The molecule has 2 nitrogen and oxygen atoms in total. The predicted molar refractivity (Wildman–Crippen MR) is 65.1 cm³/mol. The van der Waals surface area contributed by atoms with Crippen LogP contribution >= 0.6 is 0 Å². The van der Waals surface area contributed by atoms with Crippen LogP contribution in [0.25, 0.3) is 0 Å². The third-order valence-electron chi connectivity index (χ3n) is 4.05. The minimum atomic E-state index is 0.372. The van der Waals surface area contributed by atoms with Crippen molar-refractivity contribution in [3.05, 3.63) is 0 Å². The van der Waals surface area contributed by atoms with Crippen molar-refractivity contribution >= 4 is 0 Å². The Morgan fingerprint density at radius 3 is 2.33 bits per heavy atom. The van der Waals surface area contributed by atoms with Gasteiger partial charge < -0.3 is 10.1 Å². The molecular weight excluding hydrogens is 186 g/mol. The van der Waals surface area contributed by atoms with Crippen molar-refractivity contribution in [1.82, 2.24) is 5.32 Å². The minimum absolute atomic E-state index is 0.372. The third-order valence-corrected chi connectivity index (χ3v) is 4.05. The van der Waals surface area contributed by atoms with E-state index in [1.165, 1.54) is 32.1 Å². The van der Waals surface area contributed by atoms with E-state index in [4.69, 9.17) is 4.74 Å². The van der Waals surface area contributed by atoms with Gasteiger partial charge in [0.2, 0.25) is 0 Å². The Kier molecular flexibility index (Phi) is 5.62. The summed E-state index contributed by atoms with van der Waals surface area (Å²) in [4.78, 5) is 0. The van der Waals surface area contributed by atoms with E-state index >= 15 is 0 Å². The molecule has 1 aliphatic heterocycles. The van der Waals surface area contributed by atoms with Gasteiger partial charge in [-0.05, 0) is 38.0 Å². The Hall–Kier alpha value is -0.0800. The van der Waals surface area contributed by atoms with Crippen LogP contribution in [0.3, 0.4) is 0 Å². The Bertz CT molecular complexity index is 152. The molecule has 0 aromatic rings. The highest BCUT2D eigenvalue weighted by atomic mass is 16.5. The lowest BCUT2D eigenvalue weighted by Crippen LogP contribution is -2.46. The Morgan fingerprint density at radius 1 is 1.20 bits per heavy atom. The van der Waals surface area contributed by atoms with Crippen molar-refractivity contribution in [2.45, 2.75) is 58.4 Å². The zero-order valence-corrected chi connectivity index (χ0v) is 10.6. The molecule has 0 saturated carbocycles. The summed E-state index contributed by atoms with van der Waals surface area (Å²) in [5.74, 6) is 0.739. The molecule has 1 rings (SSSR count). The zero-order valence-electron chi connectivity index (χ0n) is 10.6. The summed E-state index contributed by atoms with van der Waals surface area (Å²) in [6.45, 7) is 9.93. The molecule has 1 unspecified atom stereocenters. The molecule has 1 fully saturated rings. The van der Waals surface area contributed by atoms with Crippen molar-refractivity contribution in [2.24, 2.45) is 5.92 Å². The summed E-state index contributed by atoms with van der Waals surface area (Å²) in [5.41, 5.74) is 0.372. The molecule has 0 bridgehead atoms. The van der Waals surface area contributed by atoms with Crippen LogP contribution in [0.15, 0.2) is 0 Å². The maximum Gasteiger partial charge on any atom is 0.0506 e. The zero-order chi connectivity index (χ0) is 11.1. The van der Waals surface area contributed by atoms with Gasteiger partial charge in [0.1, 0.15) is 0 Å². The average Bonchev–Trinajstić information content (AvgIpc) is 2.33. The summed E-state index contributed by atoms with van der Waals surface area (Å²) >= 11 is 0. The highest BCUT2D eigenvalue weighted by Crippen LogP contribution is 2.21. The number of hydrogen-bond donors (Lipinski definition) is 1. The second-order valence-electron chi connectivity index (χ2n) is 4.81. The fourth-order valence-electron chi connectivity index (χ4n) is 2.45. The molecular formula is C13H27NO. The standard InChI is InChI=1S/C13H27NO/c1-4-13(5-2,6-3)14-10-12-8-7-9-15-11-12/h12,14H,4-11H2,1-3H3. The molecule has 1 saturated heterocycles. The highest BCUT2D eigenvalue weighted by Gasteiger charge is 2.24. The molecule has 0 aromatic heterocycles. The highest BCUT2D eigenvalue weighted by molar-refractivity contribution is 4.85. The van der Waals surface area contributed by atoms with E-state index in [0.717, 1.165) is 25.7 Å². The van der Waals surface area contributed by atoms with Crippen LogP contribution in [0.2, 0.25) is 0 Å². The van der Waals surface area contributed by atoms with E-state index < -0.39 is 0 Å². The van der Waals surface area contributed by atoms with Crippen LogP contribution in [0.1, 0.15) is 52.9 Å². The first-order chi connectivity index (χ1) is 7.26. The van der Waals surface area contributed by atoms with Crippen molar-refractivity contribution in [3.63, 3.8) is 0 Å². The van der Waals surface area contributed by atoms with E-state index in [0.29, 0.717) is 5.54 Å². The van der Waals surface area contributed by atoms with Crippen LogP contribution in [-0.4, -0.2) is 25.3 Å². The van der Waals surface area contributed by atoms with Gasteiger partial charge in [-0.1, -0.05) is 20.8 Å². The van der Waals surface area contributed by atoms with Crippen LogP contribution < -0.4 is 5.32 Å². The number of ether oxygens (including phenoxy) is 1. The molecule has 15 heavy (non-hydrogen) atoms. The molecule has 1 heterocycles. The molecule has 1 atom stereocenters. The lowest BCUT2D eigenvalue weighted by Gasteiger charge is -2.34. The van der Waals surface area contributed by atoms with E-state index in [2.05, 4.69) is 26.1 Å². The Labute approximate surface area is 94.8 Å². The van der Waals surface area contributed by atoms with Crippen LogP contribution in [0, 0.1) is 5.92 Å². The normalized spacial score (nSPS) is 23.0. The molecule has 0 amide bonds.